The fraction of sp³-hybridized carbons (Fsp3) is 0.433. The smallest absolute Gasteiger partial charge is 0.318 e. The number of amides is 1. The van der Waals surface area contributed by atoms with E-state index in [-0.39, 0.29) is 24.3 Å². The van der Waals surface area contributed by atoms with E-state index >= 15 is 0 Å². The van der Waals surface area contributed by atoms with Gasteiger partial charge in [0.25, 0.3) is 0 Å². The van der Waals surface area contributed by atoms with E-state index in [1.54, 1.807) is 11.0 Å². The van der Waals surface area contributed by atoms with Crippen LogP contribution in [0.15, 0.2) is 55.3 Å². The van der Waals surface area contributed by atoms with E-state index in [1.807, 2.05) is 50.2 Å². The van der Waals surface area contributed by atoms with Gasteiger partial charge in [-0.05, 0) is 39.1 Å². The summed E-state index contributed by atoms with van der Waals surface area (Å²) in [6.07, 6.45) is 3.67. The van der Waals surface area contributed by atoms with Gasteiger partial charge >= 0.3 is 6.01 Å². The van der Waals surface area contributed by atoms with Crippen LogP contribution in [0.4, 0.5) is 5.82 Å². The molecule has 10 nitrogen and oxygen atoms in total. The zero-order valence-corrected chi connectivity index (χ0v) is 23.7. The van der Waals surface area contributed by atoms with Crippen LogP contribution in [0.1, 0.15) is 22.4 Å². The molecule has 0 spiro atoms. The van der Waals surface area contributed by atoms with Crippen molar-refractivity contribution >= 4 is 17.4 Å². The summed E-state index contributed by atoms with van der Waals surface area (Å²) in [5, 5.41) is 20.2. The highest BCUT2D eigenvalue weighted by atomic mass is 16.5. The first-order chi connectivity index (χ1) is 19.2. The van der Waals surface area contributed by atoms with E-state index < -0.39 is 0 Å². The number of fused-ring (bicyclic) bond motifs is 1. The summed E-state index contributed by atoms with van der Waals surface area (Å²) in [5.74, 6) is 0.580. The number of rotatable bonds is 10. The van der Waals surface area contributed by atoms with Crippen molar-refractivity contribution in [2.24, 2.45) is 0 Å². The molecule has 1 fully saturated rings. The molecule has 1 aromatic heterocycles. The maximum atomic E-state index is 12.4. The molecule has 0 radical (unpaired) electrons. The molecule has 0 aliphatic carbocycles. The number of hydrogen-bond donors (Lipinski definition) is 2. The topological polar surface area (TPSA) is 106 Å². The summed E-state index contributed by atoms with van der Waals surface area (Å²) in [6.45, 7) is 13.0. The van der Waals surface area contributed by atoms with E-state index in [2.05, 4.69) is 23.0 Å². The number of nitrogens with zero attached hydrogens (tertiary/aromatic N) is 6. The molecule has 1 aromatic carbocycles. The Balaban J connectivity index is 1.69. The summed E-state index contributed by atoms with van der Waals surface area (Å²) >= 11 is 0. The van der Waals surface area contributed by atoms with Gasteiger partial charge in [0.1, 0.15) is 18.2 Å². The van der Waals surface area contributed by atoms with Crippen LogP contribution < -0.4 is 9.64 Å². The third kappa shape index (κ3) is 6.63. The molecule has 40 heavy (non-hydrogen) atoms. The first kappa shape index (κ1) is 29.1. The van der Waals surface area contributed by atoms with E-state index in [1.165, 1.54) is 6.08 Å². The molecule has 2 aromatic rings. The van der Waals surface area contributed by atoms with Gasteiger partial charge in [-0.1, -0.05) is 37.4 Å². The number of allylic oxidation sites excluding steroid dienone is 1. The number of benzene rings is 1. The number of ether oxygens (including phenoxy) is 1. The summed E-state index contributed by atoms with van der Waals surface area (Å²) < 4.78 is 6.00. The number of aliphatic hydroxyl groups excluding tert-OH is 2. The lowest BCUT2D eigenvalue weighted by Gasteiger charge is -2.42. The molecule has 1 amide bonds. The molecular weight excluding hydrogens is 508 g/mol. The van der Waals surface area contributed by atoms with Crippen molar-refractivity contribution in [1.29, 1.82) is 0 Å². The Morgan fingerprint density at radius 3 is 2.67 bits per heavy atom. The lowest BCUT2D eigenvalue weighted by molar-refractivity contribution is -0.129. The number of likely N-dealkylation sites (N-methyl/N-ethyl adjacent to an activating group) is 1. The van der Waals surface area contributed by atoms with Crippen LogP contribution in [0.25, 0.3) is 5.70 Å². The Labute approximate surface area is 236 Å². The van der Waals surface area contributed by atoms with Crippen LogP contribution in [-0.2, 0) is 17.8 Å². The van der Waals surface area contributed by atoms with Gasteiger partial charge in [-0.3, -0.25) is 4.79 Å². The van der Waals surface area contributed by atoms with Crippen LogP contribution >= 0.6 is 0 Å². The highest BCUT2D eigenvalue weighted by molar-refractivity contribution is 5.87. The summed E-state index contributed by atoms with van der Waals surface area (Å²) in [5.41, 5.74) is 4.88. The highest BCUT2D eigenvalue weighted by Crippen LogP contribution is 2.34. The number of hydrogen-bond acceptors (Lipinski definition) is 9. The van der Waals surface area contributed by atoms with Crippen LogP contribution in [-0.4, -0.2) is 107 Å². The zero-order valence-electron chi connectivity index (χ0n) is 23.7. The van der Waals surface area contributed by atoms with Crippen molar-refractivity contribution in [3.63, 3.8) is 0 Å². The van der Waals surface area contributed by atoms with Crippen LogP contribution in [0.3, 0.4) is 0 Å². The SMILES string of the molecule is C=CC(=O)N1CCN(c2nc(OCCN(C)C)nc3c2CCN(/C(=C/C(=C)O)c2ccccc2C)C3)CC1CO. The van der Waals surface area contributed by atoms with Crippen molar-refractivity contribution in [1.82, 2.24) is 24.7 Å². The average Bonchev–Trinajstić information content (AvgIpc) is 2.94. The Morgan fingerprint density at radius 2 is 2.00 bits per heavy atom. The maximum absolute atomic E-state index is 12.4. The Hall–Kier alpha value is -3.89. The number of carbonyl (C=O) groups excluding carboxylic acids is 1. The normalized spacial score (nSPS) is 17.6. The third-order valence-corrected chi connectivity index (χ3v) is 7.31. The predicted octanol–water partition coefficient (Wildman–Crippen LogP) is 2.39. The van der Waals surface area contributed by atoms with Crippen molar-refractivity contribution in [2.45, 2.75) is 25.9 Å². The van der Waals surface area contributed by atoms with Gasteiger partial charge in [-0.15, -0.1) is 0 Å². The van der Waals surface area contributed by atoms with Crippen molar-refractivity contribution in [2.75, 3.05) is 64.9 Å². The molecule has 10 heteroatoms. The van der Waals surface area contributed by atoms with Crippen LogP contribution in [0.2, 0.25) is 0 Å². The molecule has 1 atom stereocenters. The van der Waals surface area contributed by atoms with E-state index in [0.29, 0.717) is 51.8 Å². The molecule has 0 bridgehead atoms. The van der Waals surface area contributed by atoms with Crippen molar-refractivity contribution in [3.05, 3.63) is 77.7 Å². The quantitative estimate of drug-likeness (QED) is 0.263. The fourth-order valence-corrected chi connectivity index (χ4v) is 5.21. The monoisotopic (exact) mass is 548 g/mol. The number of aromatic nitrogens is 2. The molecule has 2 aliphatic rings. The highest BCUT2D eigenvalue weighted by Gasteiger charge is 2.33. The van der Waals surface area contributed by atoms with E-state index in [9.17, 15) is 15.0 Å². The lowest BCUT2D eigenvalue weighted by atomic mass is 9.99. The Morgan fingerprint density at radius 1 is 1.23 bits per heavy atom. The standard InChI is InChI=1S/C30H40N6O4/c1-6-28(39)36-14-13-35(18-23(36)20-37)29-25-11-12-34(19-26(25)31-30(32-29)40-16-15-33(4)5)27(17-22(3)38)24-10-8-7-9-21(24)2/h6-10,17,23,37-38H,1,3,11-16,18-20H2,2,4-5H3/b27-17+. The molecular formula is C30H40N6O4. The van der Waals surface area contributed by atoms with Crippen LogP contribution in [0.5, 0.6) is 6.01 Å². The van der Waals surface area contributed by atoms with Crippen LogP contribution in [0, 0.1) is 6.92 Å². The first-order valence-corrected chi connectivity index (χ1v) is 13.6. The fourth-order valence-electron chi connectivity index (χ4n) is 5.21. The maximum Gasteiger partial charge on any atom is 0.318 e. The van der Waals surface area contributed by atoms with Gasteiger partial charge in [-0.25, -0.2) is 0 Å². The second kappa shape index (κ2) is 13.0. The average molecular weight is 549 g/mol. The lowest BCUT2D eigenvalue weighted by Crippen LogP contribution is -2.56. The van der Waals surface area contributed by atoms with Gasteiger partial charge in [0.05, 0.1) is 24.9 Å². The van der Waals surface area contributed by atoms with Gasteiger partial charge in [-0.2, -0.15) is 9.97 Å². The third-order valence-electron chi connectivity index (χ3n) is 7.31. The number of carbonyl (C=O) groups is 1. The second-order valence-corrected chi connectivity index (χ2v) is 10.4. The van der Waals surface area contributed by atoms with Gasteiger partial charge in [0, 0.05) is 55.6 Å². The molecule has 1 unspecified atom stereocenters. The second-order valence-electron chi connectivity index (χ2n) is 10.4. The minimum Gasteiger partial charge on any atom is -0.509 e. The van der Waals surface area contributed by atoms with Gasteiger partial charge < -0.3 is 34.5 Å². The van der Waals surface area contributed by atoms with Gasteiger partial charge in [0.2, 0.25) is 5.91 Å². The minimum absolute atomic E-state index is 0.0119. The number of anilines is 1. The molecule has 4 rings (SSSR count). The summed E-state index contributed by atoms with van der Waals surface area (Å²) in [6, 6.07) is 8.00. The number of aryl methyl sites for hydroxylation is 1. The first-order valence-electron chi connectivity index (χ1n) is 13.6. The molecule has 3 heterocycles. The molecule has 214 valence electrons. The molecule has 2 N–H and O–H groups in total. The summed E-state index contributed by atoms with van der Waals surface area (Å²) in [4.78, 5) is 30.0. The Bertz CT molecular complexity index is 1280. The number of piperazine rings is 1. The minimum atomic E-state index is -0.366. The Kier molecular flexibility index (Phi) is 9.44. The zero-order chi connectivity index (χ0) is 28.8. The van der Waals surface area contributed by atoms with E-state index in [0.717, 1.165) is 40.4 Å². The van der Waals surface area contributed by atoms with E-state index in [4.69, 9.17) is 14.7 Å². The van der Waals surface area contributed by atoms with Gasteiger partial charge in [0.15, 0.2) is 0 Å². The van der Waals surface area contributed by atoms with Crippen molar-refractivity contribution < 1.29 is 19.7 Å². The predicted molar refractivity (Wildman–Crippen MR) is 156 cm³/mol. The number of aliphatic hydroxyl groups is 2. The molecule has 1 saturated heterocycles. The largest absolute Gasteiger partial charge is 0.509 e. The summed E-state index contributed by atoms with van der Waals surface area (Å²) in [7, 11) is 3.96. The molecule has 0 saturated carbocycles. The van der Waals surface area contributed by atoms with Crippen molar-refractivity contribution in [3.8, 4) is 6.01 Å². The molecule has 2 aliphatic heterocycles.